The normalized spacial score (nSPS) is 13.1. The summed E-state index contributed by atoms with van der Waals surface area (Å²) in [4.78, 5) is 4.75. The summed E-state index contributed by atoms with van der Waals surface area (Å²) in [5.41, 5.74) is 1.20. The maximum Gasteiger partial charge on any atom is 0.112 e. The molecular weight excluding hydrogens is 232 g/mol. The van der Waals surface area contributed by atoms with Crippen LogP contribution >= 0.6 is 11.3 Å². The highest BCUT2D eigenvalue weighted by Crippen LogP contribution is 2.29. The van der Waals surface area contributed by atoms with E-state index >= 15 is 0 Å². The minimum absolute atomic E-state index is 0.0906. The third-order valence-electron chi connectivity index (χ3n) is 2.68. The van der Waals surface area contributed by atoms with E-state index in [1.54, 1.807) is 18.4 Å². The predicted molar refractivity (Wildman–Crippen MR) is 73.7 cm³/mol. The number of nitrogens with zero attached hydrogens (tertiary/aromatic N) is 1. The Hall–Kier alpha value is -0.450. The van der Waals surface area contributed by atoms with Crippen LogP contribution in [0.25, 0.3) is 0 Å². The minimum atomic E-state index is -0.0906. The molecule has 0 unspecified atom stereocenters. The SMILES string of the molecule is COCCNC(C)(C)c1nc(C(C)(C)C)cs1. The third kappa shape index (κ3) is 4.05. The summed E-state index contributed by atoms with van der Waals surface area (Å²) in [5, 5.41) is 6.76. The molecule has 1 aromatic rings. The minimum Gasteiger partial charge on any atom is -0.383 e. The molecule has 1 rings (SSSR count). The molecule has 0 aliphatic carbocycles. The van der Waals surface area contributed by atoms with E-state index in [2.05, 4.69) is 45.3 Å². The molecule has 4 heteroatoms. The first-order valence-electron chi connectivity index (χ1n) is 5.98. The molecule has 1 aromatic heterocycles. The highest BCUT2D eigenvalue weighted by atomic mass is 32.1. The molecule has 3 nitrogen and oxygen atoms in total. The summed E-state index contributed by atoms with van der Waals surface area (Å²) in [6.45, 7) is 12.5. The number of thiazole rings is 1. The molecule has 0 aliphatic heterocycles. The van der Waals surface area contributed by atoms with Gasteiger partial charge in [-0.3, -0.25) is 0 Å². The van der Waals surface area contributed by atoms with Gasteiger partial charge in [0.2, 0.25) is 0 Å². The summed E-state index contributed by atoms with van der Waals surface area (Å²) in [7, 11) is 1.72. The maximum absolute atomic E-state index is 5.05. The average molecular weight is 256 g/mol. The fraction of sp³-hybridized carbons (Fsp3) is 0.769. The van der Waals surface area contributed by atoms with Crippen LogP contribution in [0.3, 0.4) is 0 Å². The molecule has 0 aromatic carbocycles. The van der Waals surface area contributed by atoms with Crippen LogP contribution in [0.15, 0.2) is 5.38 Å². The number of aromatic nitrogens is 1. The predicted octanol–water partition coefficient (Wildman–Crippen LogP) is 2.91. The Labute approximate surface area is 109 Å². The van der Waals surface area contributed by atoms with E-state index in [0.29, 0.717) is 0 Å². The van der Waals surface area contributed by atoms with Crippen LogP contribution in [0.1, 0.15) is 45.3 Å². The molecule has 98 valence electrons. The smallest absolute Gasteiger partial charge is 0.112 e. The number of methoxy groups -OCH3 is 1. The van der Waals surface area contributed by atoms with Crippen molar-refractivity contribution in [3.05, 3.63) is 16.1 Å². The van der Waals surface area contributed by atoms with Gasteiger partial charge in [-0.2, -0.15) is 0 Å². The van der Waals surface area contributed by atoms with Crippen molar-refractivity contribution < 1.29 is 4.74 Å². The molecule has 0 saturated carbocycles. The van der Waals surface area contributed by atoms with Gasteiger partial charge in [0.1, 0.15) is 5.01 Å². The monoisotopic (exact) mass is 256 g/mol. The highest BCUT2D eigenvalue weighted by Gasteiger charge is 2.26. The van der Waals surface area contributed by atoms with Crippen LogP contribution < -0.4 is 5.32 Å². The van der Waals surface area contributed by atoms with Gasteiger partial charge in [0.15, 0.2) is 0 Å². The molecule has 0 saturated heterocycles. The summed E-state index contributed by atoms with van der Waals surface area (Å²) < 4.78 is 5.05. The van der Waals surface area contributed by atoms with Crippen molar-refractivity contribution >= 4 is 11.3 Å². The van der Waals surface area contributed by atoms with Gasteiger partial charge in [0, 0.05) is 24.4 Å². The summed E-state index contributed by atoms with van der Waals surface area (Å²) in [5.74, 6) is 0. The lowest BCUT2D eigenvalue weighted by Gasteiger charge is -2.24. The van der Waals surface area contributed by atoms with Gasteiger partial charge in [-0.15, -0.1) is 11.3 Å². The summed E-state index contributed by atoms with van der Waals surface area (Å²) in [6.07, 6.45) is 0. The zero-order valence-electron chi connectivity index (χ0n) is 11.8. The van der Waals surface area contributed by atoms with E-state index in [0.717, 1.165) is 18.2 Å². The van der Waals surface area contributed by atoms with Crippen molar-refractivity contribution in [3.8, 4) is 0 Å². The lowest BCUT2D eigenvalue weighted by atomic mass is 9.93. The molecule has 0 spiro atoms. The number of rotatable bonds is 5. The van der Waals surface area contributed by atoms with Gasteiger partial charge in [-0.05, 0) is 13.8 Å². The number of hydrogen-bond acceptors (Lipinski definition) is 4. The largest absolute Gasteiger partial charge is 0.383 e. The zero-order chi connectivity index (χ0) is 13.1. The molecule has 0 bridgehead atoms. The van der Waals surface area contributed by atoms with Gasteiger partial charge < -0.3 is 10.1 Å². The van der Waals surface area contributed by atoms with Crippen molar-refractivity contribution in [3.63, 3.8) is 0 Å². The molecule has 17 heavy (non-hydrogen) atoms. The molecule has 0 atom stereocenters. The van der Waals surface area contributed by atoms with Crippen molar-refractivity contribution in [2.75, 3.05) is 20.3 Å². The van der Waals surface area contributed by atoms with Gasteiger partial charge in [0.05, 0.1) is 17.8 Å². The lowest BCUT2D eigenvalue weighted by Crippen LogP contribution is -2.38. The van der Waals surface area contributed by atoms with E-state index in [-0.39, 0.29) is 11.0 Å². The van der Waals surface area contributed by atoms with Crippen molar-refractivity contribution in [2.24, 2.45) is 0 Å². The van der Waals surface area contributed by atoms with Crippen LogP contribution in [0, 0.1) is 0 Å². The first-order valence-corrected chi connectivity index (χ1v) is 6.86. The lowest BCUT2D eigenvalue weighted by molar-refractivity contribution is 0.188. The standard InChI is InChI=1S/C13H24N2OS/c1-12(2,3)10-9-17-11(15-10)13(4,5)14-7-8-16-6/h9,14H,7-8H2,1-6H3. The van der Waals surface area contributed by atoms with Crippen LogP contribution in [0.5, 0.6) is 0 Å². The summed E-state index contributed by atoms with van der Waals surface area (Å²) in [6, 6.07) is 0. The average Bonchev–Trinajstić information content (AvgIpc) is 2.66. The van der Waals surface area contributed by atoms with Gasteiger partial charge in [0.25, 0.3) is 0 Å². The molecule has 0 radical (unpaired) electrons. The summed E-state index contributed by atoms with van der Waals surface area (Å²) >= 11 is 1.73. The highest BCUT2D eigenvalue weighted by molar-refractivity contribution is 7.09. The Bertz CT molecular complexity index is 353. The molecule has 1 N–H and O–H groups in total. The second-order valence-electron chi connectivity index (χ2n) is 5.83. The topological polar surface area (TPSA) is 34.1 Å². The van der Waals surface area contributed by atoms with E-state index in [1.165, 1.54) is 5.69 Å². The molecule has 0 amide bonds. The Kier molecular flexibility index (Phi) is 4.69. The second kappa shape index (κ2) is 5.46. The molecule has 0 aliphatic rings. The van der Waals surface area contributed by atoms with Gasteiger partial charge >= 0.3 is 0 Å². The Morgan fingerprint density at radius 2 is 1.94 bits per heavy atom. The second-order valence-corrected chi connectivity index (χ2v) is 6.69. The van der Waals surface area contributed by atoms with E-state index in [9.17, 15) is 0 Å². The zero-order valence-corrected chi connectivity index (χ0v) is 12.6. The van der Waals surface area contributed by atoms with Gasteiger partial charge in [-0.1, -0.05) is 20.8 Å². The first-order chi connectivity index (χ1) is 7.77. The van der Waals surface area contributed by atoms with Crippen LogP contribution in [0.4, 0.5) is 0 Å². The number of hydrogen-bond donors (Lipinski definition) is 1. The van der Waals surface area contributed by atoms with Crippen LogP contribution in [-0.2, 0) is 15.7 Å². The fourth-order valence-corrected chi connectivity index (χ4v) is 2.59. The van der Waals surface area contributed by atoms with E-state index in [4.69, 9.17) is 9.72 Å². The number of ether oxygens (including phenoxy) is 1. The number of nitrogens with one attached hydrogen (secondary N) is 1. The van der Waals surface area contributed by atoms with E-state index < -0.39 is 0 Å². The van der Waals surface area contributed by atoms with Crippen LogP contribution in [-0.4, -0.2) is 25.2 Å². The molecule has 1 heterocycles. The van der Waals surface area contributed by atoms with Crippen molar-refractivity contribution in [1.82, 2.24) is 10.3 Å². The maximum atomic E-state index is 5.05. The van der Waals surface area contributed by atoms with Crippen molar-refractivity contribution in [1.29, 1.82) is 0 Å². The molecule has 0 fully saturated rings. The fourth-order valence-electron chi connectivity index (χ4n) is 1.45. The Balaban J connectivity index is 2.74. The van der Waals surface area contributed by atoms with Crippen molar-refractivity contribution in [2.45, 2.75) is 45.6 Å². The Morgan fingerprint density at radius 1 is 1.29 bits per heavy atom. The molecular formula is C13H24N2OS. The first kappa shape index (κ1) is 14.6. The quantitative estimate of drug-likeness (QED) is 0.823. The van der Waals surface area contributed by atoms with E-state index in [1.807, 2.05) is 0 Å². The van der Waals surface area contributed by atoms with Crippen LogP contribution in [0.2, 0.25) is 0 Å². The third-order valence-corrected chi connectivity index (χ3v) is 3.85. The Morgan fingerprint density at radius 3 is 2.41 bits per heavy atom. The van der Waals surface area contributed by atoms with Gasteiger partial charge in [-0.25, -0.2) is 4.98 Å².